The molecule has 0 atom stereocenters. The van der Waals surface area contributed by atoms with E-state index in [1.165, 1.54) is 11.6 Å². The van der Waals surface area contributed by atoms with Crippen LogP contribution >= 0.6 is 0 Å². The molecule has 168 valence electrons. The molecule has 1 amide bonds. The van der Waals surface area contributed by atoms with Crippen molar-refractivity contribution in [3.05, 3.63) is 59.7 Å². The number of nitrogens with zero attached hydrogens (tertiary/aromatic N) is 1. The van der Waals surface area contributed by atoms with Crippen molar-refractivity contribution in [2.75, 3.05) is 18.4 Å². The highest BCUT2D eigenvalue weighted by Gasteiger charge is 2.40. The van der Waals surface area contributed by atoms with E-state index in [1.54, 1.807) is 0 Å². The molecule has 1 N–H and O–H groups in total. The minimum absolute atomic E-state index is 0.0119. The Morgan fingerprint density at radius 1 is 1.06 bits per heavy atom. The summed E-state index contributed by atoms with van der Waals surface area (Å²) in [5, 5.41) is 2.84. The summed E-state index contributed by atoms with van der Waals surface area (Å²) in [6, 6.07) is 11.7. The zero-order chi connectivity index (χ0) is 22.6. The number of hydrogen-bond donors (Lipinski definition) is 1. The molecule has 5 nitrogen and oxygen atoms in total. The first-order chi connectivity index (χ1) is 14.6. The van der Waals surface area contributed by atoms with Crippen LogP contribution in [0.15, 0.2) is 53.4 Å². The highest BCUT2D eigenvalue weighted by atomic mass is 32.2. The number of halogens is 3. The van der Waals surface area contributed by atoms with Crippen molar-refractivity contribution in [3.63, 3.8) is 0 Å². The third kappa shape index (κ3) is 5.46. The van der Waals surface area contributed by atoms with E-state index in [0.717, 1.165) is 35.3 Å². The third-order valence-corrected chi connectivity index (χ3v) is 7.35. The number of rotatable bonds is 6. The Kier molecular flexibility index (Phi) is 7.06. The summed E-state index contributed by atoms with van der Waals surface area (Å²) >= 11 is 0. The molecule has 0 radical (unpaired) electrons. The summed E-state index contributed by atoms with van der Waals surface area (Å²) in [6.07, 6.45) is -2.30. The van der Waals surface area contributed by atoms with Gasteiger partial charge in [-0.05, 0) is 49.1 Å². The minimum Gasteiger partial charge on any atom is -0.326 e. The third-order valence-electron chi connectivity index (χ3n) is 5.40. The summed E-state index contributed by atoms with van der Waals surface area (Å²) < 4.78 is 66.5. The normalized spacial score (nSPS) is 16.3. The van der Waals surface area contributed by atoms with Gasteiger partial charge in [0.25, 0.3) is 0 Å². The molecule has 0 bridgehead atoms. The summed E-state index contributed by atoms with van der Waals surface area (Å²) in [7, 11) is -4.31. The first kappa shape index (κ1) is 23.3. The molecule has 0 aromatic heterocycles. The van der Waals surface area contributed by atoms with Crippen LogP contribution < -0.4 is 5.32 Å². The lowest BCUT2D eigenvalue weighted by Gasteiger charge is -2.31. The Bertz CT molecular complexity index is 1010. The quantitative estimate of drug-likeness (QED) is 0.688. The van der Waals surface area contributed by atoms with Crippen LogP contribution in [0.1, 0.15) is 37.3 Å². The molecule has 3 rings (SSSR count). The van der Waals surface area contributed by atoms with Gasteiger partial charge in [-0.15, -0.1) is 0 Å². The highest BCUT2D eigenvalue weighted by molar-refractivity contribution is 7.89. The van der Waals surface area contributed by atoms with E-state index in [4.69, 9.17) is 0 Å². The molecule has 2 aromatic carbocycles. The van der Waals surface area contributed by atoms with E-state index in [1.807, 2.05) is 24.3 Å². The smallest absolute Gasteiger partial charge is 0.326 e. The van der Waals surface area contributed by atoms with Gasteiger partial charge in [-0.1, -0.05) is 37.6 Å². The van der Waals surface area contributed by atoms with Crippen molar-refractivity contribution in [2.45, 2.75) is 43.7 Å². The zero-order valence-electron chi connectivity index (χ0n) is 17.2. The zero-order valence-corrected chi connectivity index (χ0v) is 18.0. The number of benzene rings is 2. The maximum Gasteiger partial charge on any atom is 0.417 e. The van der Waals surface area contributed by atoms with Gasteiger partial charge in [-0.25, -0.2) is 8.42 Å². The molecule has 0 unspecified atom stereocenters. The molecule has 0 saturated carbocycles. The molecule has 9 heteroatoms. The fourth-order valence-electron chi connectivity index (χ4n) is 3.71. The Labute approximate surface area is 180 Å². The van der Waals surface area contributed by atoms with E-state index < -0.39 is 32.6 Å². The monoisotopic (exact) mass is 454 g/mol. The molecule has 1 aliphatic rings. The van der Waals surface area contributed by atoms with Crippen molar-refractivity contribution in [1.82, 2.24) is 4.31 Å². The van der Waals surface area contributed by atoms with Crippen molar-refractivity contribution in [1.29, 1.82) is 0 Å². The number of anilines is 1. The Morgan fingerprint density at radius 2 is 1.68 bits per heavy atom. The number of alkyl halides is 3. The van der Waals surface area contributed by atoms with Crippen LogP contribution in [0.5, 0.6) is 0 Å². The number of hydrogen-bond acceptors (Lipinski definition) is 3. The van der Waals surface area contributed by atoms with Crippen LogP contribution in [-0.2, 0) is 27.4 Å². The van der Waals surface area contributed by atoms with E-state index in [-0.39, 0.29) is 31.8 Å². The second-order valence-electron chi connectivity index (χ2n) is 7.61. The SMILES string of the molecule is CCCc1ccc(NC(=O)C2CCN(S(=O)(=O)c3ccccc3C(F)(F)F)CC2)cc1. The predicted molar refractivity (Wildman–Crippen MR) is 112 cm³/mol. The van der Waals surface area contributed by atoms with Crippen LogP contribution in [0.2, 0.25) is 0 Å². The lowest BCUT2D eigenvalue weighted by molar-refractivity contribution is -0.139. The average Bonchev–Trinajstić information content (AvgIpc) is 2.75. The fourth-order valence-corrected chi connectivity index (χ4v) is 5.39. The maximum atomic E-state index is 13.3. The summed E-state index contributed by atoms with van der Waals surface area (Å²) in [5.74, 6) is -0.615. The average molecular weight is 455 g/mol. The number of carbonyl (C=O) groups is 1. The van der Waals surface area contributed by atoms with Gasteiger partial charge in [-0.3, -0.25) is 4.79 Å². The molecule has 1 aliphatic heterocycles. The standard InChI is InChI=1S/C22H25F3N2O3S/c1-2-5-16-8-10-18(11-9-16)26-21(28)17-12-14-27(15-13-17)31(29,30)20-7-4-3-6-19(20)22(23,24)25/h3-4,6-11,17H,2,5,12-15H2,1H3,(H,26,28). The predicted octanol–water partition coefficient (Wildman–Crippen LogP) is 4.70. The number of sulfonamides is 1. The lowest BCUT2D eigenvalue weighted by atomic mass is 9.97. The second kappa shape index (κ2) is 9.40. The molecule has 1 heterocycles. The number of aryl methyl sites for hydroxylation is 1. The molecule has 2 aromatic rings. The van der Waals surface area contributed by atoms with Crippen LogP contribution in [0.4, 0.5) is 18.9 Å². The molecular weight excluding hydrogens is 429 g/mol. The Balaban J connectivity index is 1.64. The fraction of sp³-hybridized carbons (Fsp3) is 0.409. The van der Waals surface area contributed by atoms with Crippen LogP contribution in [0.3, 0.4) is 0 Å². The van der Waals surface area contributed by atoms with Crippen molar-refractivity contribution in [2.24, 2.45) is 5.92 Å². The van der Waals surface area contributed by atoms with Gasteiger partial charge in [0.15, 0.2) is 0 Å². The maximum absolute atomic E-state index is 13.3. The van der Waals surface area contributed by atoms with Gasteiger partial charge in [0.05, 0.1) is 10.5 Å². The first-order valence-electron chi connectivity index (χ1n) is 10.2. The largest absolute Gasteiger partial charge is 0.417 e. The Hall–Kier alpha value is -2.39. The molecule has 1 saturated heterocycles. The molecule has 31 heavy (non-hydrogen) atoms. The van der Waals surface area contributed by atoms with Crippen molar-refractivity contribution >= 4 is 21.6 Å². The van der Waals surface area contributed by atoms with E-state index in [9.17, 15) is 26.4 Å². The highest BCUT2D eigenvalue weighted by Crippen LogP contribution is 2.36. The van der Waals surface area contributed by atoms with E-state index in [0.29, 0.717) is 5.69 Å². The Morgan fingerprint density at radius 3 is 2.26 bits per heavy atom. The summed E-state index contributed by atoms with van der Waals surface area (Å²) in [5.41, 5.74) is 0.665. The van der Waals surface area contributed by atoms with Crippen molar-refractivity contribution in [3.8, 4) is 0 Å². The molecular formula is C22H25F3N2O3S. The summed E-state index contributed by atoms with van der Waals surface area (Å²) in [6.45, 7) is 2.06. The van der Waals surface area contributed by atoms with Gasteiger partial charge >= 0.3 is 6.18 Å². The summed E-state index contributed by atoms with van der Waals surface area (Å²) in [4.78, 5) is 11.8. The number of carbonyl (C=O) groups excluding carboxylic acids is 1. The van der Waals surface area contributed by atoms with E-state index in [2.05, 4.69) is 12.2 Å². The second-order valence-corrected chi connectivity index (χ2v) is 9.51. The molecule has 0 aliphatic carbocycles. The van der Waals surface area contributed by atoms with Gasteiger partial charge < -0.3 is 5.32 Å². The van der Waals surface area contributed by atoms with Gasteiger partial charge in [0, 0.05) is 24.7 Å². The first-order valence-corrected chi connectivity index (χ1v) is 11.6. The number of amides is 1. The lowest BCUT2D eigenvalue weighted by Crippen LogP contribution is -2.41. The minimum atomic E-state index is -4.77. The molecule has 1 fully saturated rings. The topological polar surface area (TPSA) is 66.5 Å². The van der Waals surface area contributed by atoms with Gasteiger partial charge in [0.1, 0.15) is 0 Å². The number of nitrogens with one attached hydrogen (secondary N) is 1. The van der Waals surface area contributed by atoms with Crippen LogP contribution in [0, 0.1) is 5.92 Å². The van der Waals surface area contributed by atoms with Crippen LogP contribution in [-0.4, -0.2) is 31.7 Å². The van der Waals surface area contributed by atoms with E-state index >= 15 is 0 Å². The van der Waals surface area contributed by atoms with Crippen molar-refractivity contribution < 1.29 is 26.4 Å². The number of piperidine rings is 1. The van der Waals surface area contributed by atoms with Gasteiger partial charge in [-0.2, -0.15) is 17.5 Å². The van der Waals surface area contributed by atoms with Crippen LogP contribution in [0.25, 0.3) is 0 Å². The molecule has 0 spiro atoms. The van der Waals surface area contributed by atoms with Gasteiger partial charge in [0.2, 0.25) is 15.9 Å².